The zero-order chi connectivity index (χ0) is 15.6. The predicted octanol–water partition coefficient (Wildman–Crippen LogP) is 2.83. The normalized spacial score (nSPS) is 18.7. The quantitative estimate of drug-likeness (QED) is 0.743. The first-order valence-electron chi connectivity index (χ1n) is 8.06. The van der Waals surface area contributed by atoms with Crippen LogP contribution in [0.15, 0.2) is 57.9 Å². The van der Waals surface area contributed by atoms with E-state index in [0.717, 1.165) is 30.7 Å². The van der Waals surface area contributed by atoms with Gasteiger partial charge in [-0.25, -0.2) is 4.79 Å². The maximum atomic E-state index is 12.1. The van der Waals surface area contributed by atoms with Crippen molar-refractivity contribution in [2.24, 2.45) is 0 Å². The highest BCUT2D eigenvalue weighted by atomic mass is 16.4. The van der Waals surface area contributed by atoms with E-state index in [0.29, 0.717) is 18.2 Å². The second kappa shape index (κ2) is 6.01. The highest BCUT2D eigenvalue weighted by molar-refractivity contribution is 5.72. The molecule has 118 valence electrons. The lowest BCUT2D eigenvalue weighted by molar-refractivity contribution is 0.241. The first-order valence-corrected chi connectivity index (χ1v) is 8.06. The molecule has 3 heterocycles. The van der Waals surface area contributed by atoms with E-state index in [9.17, 15) is 4.79 Å². The molecule has 1 aliphatic rings. The molecule has 1 saturated heterocycles. The summed E-state index contributed by atoms with van der Waals surface area (Å²) in [5.41, 5.74) is 2.64. The van der Waals surface area contributed by atoms with Crippen LogP contribution in [0.1, 0.15) is 24.6 Å². The molecule has 0 aliphatic carbocycles. The summed E-state index contributed by atoms with van der Waals surface area (Å²) in [6, 6.07) is 14.0. The number of fused-ring (bicyclic) bond motifs is 1. The minimum Gasteiger partial charge on any atom is -0.408 e. The molecule has 4 rings (SSSR count). The van der Waals surface area contributed by atoms with Crippen molar-refractivity contribution in [1.82, 2.24) is 14.5 Å². The number of para-hydroxylation sites is 2. The van der Waals surface area contributed by atoms with Gasteiger partial charge in [0.05, 0.1) is 17.3 Å². The standard InChI is InChI=1S/C18H19N3O2/c22-18-21(16-7-1-2-9-17(16)23-18)13-12-20-11-5-8-15(20)14-6-3-4-10-19-14/h1-4,6-7,9-10,15H,5,8,11-13H2. The van der Waals surface area contributed by atoms with Crippen molar-refractivity contribution in [2.75, 3.05) is 13.1 Å². The van der Waals surface area contributed by atoms with Crippen LogP contribution in [0.25, 0.3) is 11.1 Å². The lowest BCUT2D eigenvalue weighted by Gasteiger charge is -2.23. The number of oxazole rings is 1. The Bertz CT molecular complexity index is 853. The van der Waals surface area contributed by atoms with E-state index in [2.05, 4.69) is 16.0 Å². The van der Waals surface area contributed by atoms with Gasteiger partial charge in [0.1, 0.15) is 0 Å². The Morgan fingerprint density at radius 2 is 2.00 bits per heavy atom. The molecular formula is C18H19N3O2. The van der Waals surface area contributed by atoms with E-state index in [4.69, 9.17) is 4.42 Å². The van der Waals surface area contributed by atoms with Crippen molar-refractivity contribution in [2.45, 2.75) is 25.4 Å². The van der Waals surface area contributed by atoms with E-state index >= 15 is 0 Å². The van der Waals surface area contributed by atoms with Gasteiger partial charge in [-0.05, 0) is 43.7 Å². The summed E-state index contributed by atoms with van der Waals surface area (Å²) in [6.07, 6.45) is 4.14. The topological polar surface area (TPSA) is 51.3 Å². The fourth-order valence-electron chi connectivity index (χ4n) is 3.46. The van der Waals surface area contributed by atoms with Crippen LogP contribution in [0, 0.1) is 0 Å². The number of likely N-dealkylation sites (tertiary alicyclic amines) is 1. The lowest BCUT2D eigenvalue weighted by Crippen LogP contribution is -2.30. The molecule has 0 N–H and O–H groups in total. The van der Waals surface area contributed by atoms with Gasteiger partial charge in [0.2, 0.25) is 0 Å². The number of rotatable bonds is 4. The van der Waals surface area contributed by atoms with Crippen molar-refractivity contribution in [3.8, 4) is 0 Å². The van der Waals surface area contributed by atoms with Gasteiger partial charge < -0.3 is 4.42 Å². The molecule has 1 aliphatic heterocycles. The Morgan fingerprint density at radius 1 is 1.13 bits per heavy atom. The molecule has 0 bridgehead atoms. The average Bonchev–Trinajstić information content (AvgIpc) is 3.17. The Morgan fingerprint density at radius 3 is 2.87 bits per heavy atom. The molecule has 5 heteroatoms. The van der Waals surface area contributed by atoms with Crippen molar-refractivity contribution >= 4 is 11.1 Å². The fourth-order valence-corrected chi connectivity index (χ4v) is 3.46. The molecule has 0 amide bonds. The Hall–Kier alpha value is -2.40. The second-order valence-corrected chi connectivity index (χ2v) is 5.94. The minimum absolute atomic E-state index is 0.278. The van der Waals surface area contributed by atoms with Gasteiger partial charge >= 0.3 is 5.76 Å². The Kier molecular flexibility index (Phi) is 3.71. The largest absolute Gasteiger partial charge is 0.419 e. The third-order valence-electron chi connectivity index (χ3n) is 4.58. The molecule has 1 fully saturated rings. The number of hydrogen-bond acceptors (Lipinski definition) is 4. The van der Waals surface area contributed by atoms with Crippen molar-refractivity contribution in [1.29, 1.82) is 0 Å². The summed E-state index contributed by atoms with van der Waals surface area (Å²) >= 11 is 0. The smallest absolute Gasteiger partial charge is 0.408 e. The van der Waals surface area contributed by atoms with E-state index in [1.165, 1.54) is 6.42 Å². The van der Waals surface area contributed by atoms with E-state index in [-0.39, 0.29) is 5.76 Å². The number of pyridine rings is 1. The number of nitrogens with zero attached hydrogens (tertiary/aromatic N) is 3. The maximum absolute atomic E-state index is 12.1. The minimum atomic E-state index is -0.278. The Balaban J connectivity index is 1.54. The zero-order valence-electron chi connectivity index (χ0n) is 12.9. The zero-order valence-corrected chi connectivity index (χ0v) is 12.9. The monoisotopic (exact) mass is 309 g/mol. The van der Waals surface area contributed by atoms with E-state index in [1.807, 2.05) is 42.6 Å². The van der Waals surface area contributed by atoms with Gasteiger partial charge in [-0.15, -0.1) is 0 Å². The van der Waals surface area contributed by atoms with Gasteiger partial charge in [0.15, 0.2) is 5.58 Å². The van der Waals surface area contributed by atoms with E-state index < -0.39 is 0 Å². The molecule has 1 aromatic carbocycles. The van der Waals surface area contributed by atoms with Crippen LogP contribution in [-0.2, 0) is 6.54 Å². The van der Waals surface area contributed by atoms with E-state index in [1.54, 1.807) is 4.57 Å². The molecule has 0 saturated carbocycles. The van der Waals surface area contributed by atoms with Gasteiger partial charge in [0.25, 0.3) is 0 Å². The summed E-state index contributed by atoms with van der Waals surface area (Å²) in [5, 5.41) is 0. The lowest BCUT2D eigenvalue weighted by atomic mass is 10.1. The second-order valence-electron chi connectivity index (χ2n) is 5.94. The number of hydrogen-bond donors (Lipinski definition) is 0. The molecule has 2 aromatic heterocycles. The molecule has 5 nitrogen and oxygen atoms in total. The maximum Gasteiger partial charge on any atom is 0.419 e. The van der Waals surface area contributed by atoms with Crippen LogP contribution in [0.3, 0.4) is 0 Å². The molecular weight excluding hydrogens is 290 g/mol. The summed E-state index contributed by atoms with van der Waals surface area (Å²) in [6.45, 7) is 2.51. The molecule has 3 aromatic rings. The Labute approximate surface area is 134 Å². The van der Waals surface area contributed by atoms with Crippen molar-refractivity contribution in [3.63, 3.8) is 0 Å². The van der Waals surface area contributed by atoms with Crippen molar-refractivity contribution < 1.29 is 4.42 Å². The molecule has 0 radical (unpaired) electrons. The summed E-state index contributed by atoms with van der Waals surface area (Å²) in [7, 11) is 0. The predicted molar refractivity (Wildman–Crippen MR) is 88.3 cm³/mol. The fraction of sp³-hybridized carbons (Fsp3) is 0.333. The van der Waals surface area contributed by atoms with Crippen LogP contribution < -0.4 is 5.76 Å². The third kappa shape index (κ3) is 2.68. The first kappa shape index (κ1) is 14.2. The van der Waals surface area contributed by atoms with Gasteiger partial charge in [0, 0.05) is 19.3 Å². The number of aromatic nitrogens is 2. The SMILES string of the molecule is O=c1oc2ccccc2n1CCN1CCCC1c1ccccn1. The van der Waals surface area contributed by atoms with Crippen LogP contribution in [0.4, 0.5) is 0 Å². The highest BCUT2D eigenvalue weighted by Gasteiger charge is 2.26. The summed E-state index contributed by atoms with van der Waals surface area (Å²) in [5.74, 6) is -0.278. The molecule has 23 heavy (non-hydrogen) atoms. The summed E-state index contributed by atoms with van der Waals surface area (Å²) < 4.78 is 7.03. The summed E-state index contributed by atoms with van der Waals surface area (Å²) in [4.78, 5) is 19.0. The number of benzene rings is 1. The molecule has 1 atom stereocenters. The molecule has 1 unspecified atom stereocenters. The van der Waals surface area contributed by atoms with Gasteiger partial charge in [-0.2, -0.15) is 0 Å². The van der Waals surface area contributed by atoms with Crippen LogP contribution >= 0.6 is 0 Å². The third-order valence-corrected chi connectivity index (χ3v) is 4.58. The van der Waals surface area contributed by atoms with Gasteiger partial charge in [-0.3, -0.25) is 14.5 Å². The van der Waals surface area contributed by atoms with Crippen molar-refractivity contribution in [3.05, 3.63) is 64.9 Å². The highest BCUT2D eigenvalue weighted by Crippen LogP contribution is 2.30. The average molecular weight is 309 g/mol. The van der Waals surface area contributed by atoms with Crippen LogP contribution in [0.2, 0.25) is 0 Å². The molecule has 0 spiro atoms. The first-order chi connectivity index (χ1) is 11.3. The van der Waals surface area contributed by atoms with Crippen LogP contribution in [-0.4, -0.2) is 27.5 Å². The van der Waals surface area contributed by atoms with Crippen LogP contribution in [0.5, 0.6) is 0 Å². The van der Waals surface area contributed by atoms with Gasteiger partial charge in [-0.1, -0.05) is 18.2 Å².